The van der Waals surface area contributed by atoms with Crippen molar-refractivity contribution in [2.45, 2.75) is 42.8 Å². The van der Waals surface area contributed by atoms with Gasteiger partial charge in [0, 0.05) is 31.3 Å². The first-order valence-electron chi connectivity index (χ1n) is 10.6. The van der Waals surface area contributed by atoms with Crippen molar-refractivity contribution >= 4 is 27.5 Å². The lowest BCUT2D eigenvalue weighted by Crippen LogP contribution is -2.46. The standard InChI is InChI=1S/C23H28FN3O6S/c1-23(2,14-28)26-34(31,32)19-10-8-17(9-11-19)25-21(29)20-12-18(33-3)13-27(20)22(30)15-4-6-16(24)7-5-15/h4-11,18,20,26,28H,12-14H2,1-3H3,(H,25,29)/t18-,20-/m0/s1. The number of nitrogens with one attached hydrogen (secondary N) is 2. The van der Waals surface area contributed by atoms with Crippen molar-refractivity contribution < 1.29 is 32.2 Å². The molecule has 0 spiro atoms. The SMILES string of the molecule is CO[C@H]1C[C@@H](C(=O)Nc2ccc(S(=O)(=O)NC(C)(C)CO)cc2)N(C(=O)c2ccc(F)cc2)C1. The lowest BCUT2D eigenvalue weighted by Gasteiger charge is -2.24. The van der Waals surface area contributed by atoms with Crippen LogP contribution in [0.2, 0.25) is 0 Å². The number of aliphatic hydroxyl groups is 1. The number of methoxy groups -OCH3 is 1. The first kappa shape index (κ1) is 25.8. The normalized spacial score (nSPS) is 18.7. The van der Waals surface area contributed by atoms with Gasteiger partial charge in [0.2, 0.25) is 15.9 Å². The van der Waals surface area contributed by atoms with Gasteiger partial charge >= 0.3 is 0 Å². The zero-order valence-electron chi connectivity index (χ0n) is 19.1. The van der Waals surface area contributed by atoms with Crippen LogP contribution in [0.5, 0.6) is 0 Å². The third-order valence-electron chi connectivity index (χ3n) is 5.49. The molecule has 1 fully saturated rings. The number of sulfonamides is 1. The van der Waals surface area contributed by atoms with Gasteiger partial charge in [0.15, 0.2) is 0 Å². The van der Waals surface area contributed by atoms with Crippen LogP contribution in [0.25, 0.3) is 0 Å². The van der Waals surface area contributed by atoms with Gasteiger partial charge in [-0.15, -0.1) is 0 Å². The first-order valence-corrected chi connectivity index (χ1v) is 12.1. The highest BCUT2D eigenvalue weighted by atomic mass is 32.2. The first-order chi connectivity index (χ1) is 16.0. The van der Waals surface area contributed by atoms with Crippen molar-refractivity contribution in [2.75, 3.05) is 25.6 Å². The lowest BCUT2D eigenvalue weighted by molar-refractivity contribution is -0.119. The molecule has 1 saturated heterocycles. The summed E-state index contributed by atoms with van der Waals surface area (Å²) in [5.74, 6) is -1.34. The van der Waals surface area contributed by atoms with E-state index >= 15 is 0 Å². The Balaban J connectivity index is 1.74. The third-order valence-corrected chi connectivity index (χ3v) is 7.20. The number of likely N-dealkylation sites (tertiary alicyclic amines) is 1. The van der Waals surface area contributed by atoms with Crippen LogP contribution in [0.15, 0.2) is 53.4 Å². The molecular formula is C23H28FN3O6S. The van der Waals surface area contributed by atoms with Gasteiger partial charge in [-0.05, 0) is 62.4 Å². The predicted molar refractivity (Wildman–Crippen MR) is 123 cm³/mol. The van der Waals surface area contributed by atoms with Crippen molar-refractivity contribution in [2.24, 2.45) is 0 Å². The maximum Gasteiger partial charge on any atom is 0.254 e. The smallest absolute Gasteiger partial charge is 0.254 e. The van der Waals surface area contributed by atoms with Crippen molar-refractivity contribution in [1.82, 2.24) is 9.62 Å². The monoisotopic (exact) mass is 493 g/mol. The van der Waals surface area contributed by atoms with E-state index in [1.165, 1.54) is 60.5 Å². The van der Waals surface area contributed by atoms with Crippen LogP contribution in [-0.4, -0.2) is 68.2 Å². The van der Waals surface area contributed by atoms with E-state index in [4.69, 9.17) is 4.74 Å². The van der Waals surface area contributed by atoms with E-state index in [1.54, 1.807) is 13.8 Å². The molecule has 1 aliphatic rings. The molecule has 3 N–H and O–H groups in total. The molecule has 11 heteroatoms. The molecule has 1 heterocycles. The Labute approximate surface area is 198 Å². The molecule has 2 aromatic carbocycles. The zero-order valence-corrected chi connectivity index (χ0v) is 19.9. The number of anilines is 1. The molecule has 2 aromatic rings. The molecule has 9 nitrogen and oxygen atoms in total. The number of rotatable bonds is 8. The van der Waals surface area contributed by atoms with Gasteiger partial charge in [-0.2, -0.15) is 0 Å². The molecule has 0 saturated carbocycles. The van der Waals surface area contributed by atoms with Gasteiger partial charge in [-0.1, -0.05) is 0 Å². The Bertz CT molecular complexity index is 1140. The second-order valence-electron chi connectivity index (χ2n) is 8.73. The summed E-state index contributed by atoms with van der Waals surface area (Å²) in [4.78, 5) is 27.3. The molecule has 184 valence electrons. The number of halogens is 1. The molecule has 2 atom stereocenters. The van der Waals surface area contributed by atoms with Crippen molar-refractivity contribution in [3.8, 4) is 0 Å². The van der Waals surface area contributed by atoms with Crippen LogP contribution < -0.4 is 10.0 Å². The number of aliphatic hydroxyl groups excluding tert-OH is 1. The highest BCUT2D eigenvalue weighted by molar-refractivity contribution is 7.89. The van der Waals surface area contributed by atoms with Crippen molar-refractivity contribution in [1.29, 1.82) is 0 Å². The summed E-state index contributed by atoms with van der Waals surface area (Å²) < 4.78 is 46.0. The summed E-state index contributed by atoms with van der Waals surface area (Å²) in [5, 5.41) is 12.0. The molecule has 0 aliphatic carbocycles. The van der Waals surface area contributed by atoms with E-state index in [-0.39, 0.29) is 36.1 Å². The number of hydrogen-bond acceptors (Lipinski definition) is 6. The van der Waals surface area contributed by atoms with E-state index in [0.29, 0.717) is 5.69 Å². The largest absolute Gasteiger partial charge is 0.394 e. The number of amides is 2. The lowest BCUT2D eigenvalue weighted by atomic mass is 10.1. The summed E-state index contributed by atoms with van der Waals surface area (Å²) in [6.45, 7) is 2.92. The van der Waals surface area contributed by atoms with Crippen LogP contribution in [-0.2, 0) is 19.6 Å². The quantitative estimate of drug-likeness (QED) is 0.515. The maximum absolute atomic E-state index is 13.2. The van der Waals surface area contributed by atoms with E-state index < -0.39 is 39.2 Å². The van der Waals surface area contributed by atoms with Crippen molar-refractivity contribution in [3.05, 3.63) is 59.9 Å². The van der Waals surface area contributed by atoms with Gasteiger partial charge in [0.1, 0.15) is 11.9 Å². The molecule has 2 amide bonds. The second kappa shape index (κ2) is 10.2. The number of carbonyl (C=O) groups excluding carboxylic acids is 2. The van der Waals surface area contributed by atoms with Gasteiger partial charge < -0.3 is 20.1 Å². The fourth-order valence-electron chi connectivity index (χ4n) is 3.60. The minimum absolute atomic E-state index is 0.0274. The van der Waals surface area contributed by atoms with Gasteiger partial charge in [-0.25, -0.2) is 17.5 Å². The van der Waals surface area contributed by atoms with E-state index in [2.05, 4.69) is 10.0 Å². The summed E-state index contributed by atoms with van der Waals surface area (Å²) in [6.07, 6.45) is -0.0596. The molecule has 1 aliphatic heterocycles. The van der Waals surface area contributed by atoms with Crippen LogP contribution in [0.3, 0.4) is 0 Å². The predicted octanol–water partition coefficient (Wildman–Crippen LogP) is 1.74. The van der Waals surface area contributed by atoms with Gasteiger partial charge in [0.25, 0.3) is 5.91 Å². The van der Waals surface area contributed by atoms with Crippen LogP contribution in [0, 0.1) is 5.82 Å². The van der Waals surface area contributed by atoms with Crippen LogP contribution in [0.4, 0.5) is 10.1 Å². The summed E-state index contributed by atoms with van der Waals surface area (Å²) >= 11 is 0. The molecule has 0 aromatic heterocycles. The van der Waals surface area contributed by atoms with E-state index in [1.807, 2.05) is 0 Å². The Morgan fingerprint density at radius 1 is 1.15 bits per heavy atom. The fraction of sp³-hybridized carbons (Fsp3) is 0.391. The average molecular weight is 494 g/mol. The topological polar surface area (TPSA) is 125 Å². The van der Waals surface area contributed by atoms with Crippen LogP contribution >= 0.6 is 0 Å². The highest BCUT2D eigenvalue weighted by Crippen LogP contribution is 2.25. The zero-order chi connectivity index (χ0) is 25.1. The number of benzene rings is 2. The summed E-state index contributed by atoms with van der Waals surface area (Å²) in [6, 6.07) is 9.80. The van der Waals surface area contributed by atoms with E-state index in [9.17, 15) is 27.5 Å². The molecular weight excluding hydrogens is 465 g/mol. The average Bonchev–Trinajstić information content (AvgIpc) is 3.24. The number of ether oxygens (including phenoxy) is 1. The van der Waals surface area contributed by atoms with Gasteiger partial charge in [-0.3, -0.25) is 9.59 Å². The van der Waals surface area contributed by atoms with E-state index in [0.717, 1.165) is 0 Å². The van der Waals surface area contributed by atoms with Crippen LogP contribution in [0.1, 0.15) is 30.6 Å². The Hall–Kier alpha value is -2.86. The Morgan fingerprint density at radius 3 is 2.32 bits per heavy atom. The molecule has 34 heavy (non-hydrogen) atoms. The second-order valence-corrected chi connectivity index (χ2v) is 10.4. The summed E-state index contributed by atoms with van der Waals surface area (Å²) in [5.41, 5.74) is -0.434. The summed E-state index contributed by atoms with van der Waals surface area (Å²) in [7, 11) is -2.38. The molecule has 0 bridgehead atoms. The van der Waals surface area contributed by atoms with Gasteiger partial charge in [0.05, 0.1) is 23.1 Å². The minimum Gasteiger partial charge on any atom is -0.394 e. The minimum atomic E-state index is -3.87. The molecule has 0 radical (unpaired) electrons. The molecule has 0 unspecified atom stereocenters. The Kier molecular flexibility index (Phi) is 7.71. The molecule has 3 rings (SSSR count). The number of carbonyl (C=O) groups is 2. The number of hydrogen-bond donors (Lipinski definition) is 3. The Morgan fingerprint density at radius 2 is 1.76 bits per heavy atom. The third kappa shape index (κ3) is 5.98. The fourth-order valence-corrected chi connectivity index (χ4v) is 5.00. The van der Waals surface area contributed by atoms with Crippen molar-refractivity contribution in [3.63, 3.8) is 0 Å². The highest BCUT2D eigenvalue weighted by Gasteiger charge is 2.40. The maximum atomic E-state index is 13.2. The number of nitrogens with zero attached hydrogens (tertiary/aromatic N) is 1.